The minimum Gasteiger partial charge on any atom is -0.507 e. The fourth-order valence-electron chi connectivity index (χ4n) is 3.51. The molecule has 0 saturated carbocycles. The van der Waals surface area contributed by atoms with E-state index in [1.54, 1.807) is 0 Å². The van der Waals surface area contributed by atoms with Crippen molar-refractivity contribution in [1.29, 1.82) is 0 Å². The summed E-state index contributed by atoms with van der Waals surface area (Å²) < 4.78 is 0. The fraction of sp³-hybridized carbons (Fsp3) is 0.529. The molecule has 1 fully saturated rings. The highest BCUT2D eigenvalue weighted by Gasteiger charge is 2.46. The summed E-state index contributed by atoms with van der Waals surface area (Å²) in [6.07, 6.45) is 1.29. The van der Waals surface area contributed by atoms with Gasteiger partial charge in [0.2, 0.25) is 0 Å². The maximum Gasteiger partial charge on any atom is 0.339 e. The molecule has 1 heterocycles. The van der Waals surface area contributed by atoms with Gasteiger partial charge in [-0.2, -0.15) is 0 Å². The number of carbonyl (C=O) groups is 1. The molecule has 1 aromatic rings. The third-order valence-corrected chi connectivity index (χ3v) is 4.63. The van der Waals surface area contributed by atoms with Crippen molar-refractivity contribution in [3.8, 4) is 5.75 Å². The van der Waals surface area contributed by atoms with Gasteiger partial charge in [0.15, 0.2) is 5.11 Å². The smallest absolute Gasteiger partial charge is 0.339 e. The second kappa shape index (κ2) is 6.78. The Labute approximate surface area is 152 Å². The number of carboxylic acid groups (broad SMARTS) is 1. The second-order valence-electron chi connectivity index (χ2n) is 7.66. The van der Waals surface area contributed by atoms with Crippen molar-refractivity contribution in [2.45, 2.75) is 57.7 Å². The first-order valence-corrected chi connectivity index (χ1v) is 8.44. The van der Waals surface area contributed by atoms with Gasteiger partial charge < -0.3 is 20.8 Å². The van der Waals surface area contributed by atoms with Crippen molar-refractivity contribution >= 4 is 29.0 Å². The standard InChI is InChI=1S/C17H24N3O4S/c1-16(2)8-11(9-17(3,4)20(16)24)19-15(25)18-10-5-6-12(14(22)23)13(21)7-10/h5-7,11,21H,8-9H2,1-4H3,(H,22,23)(H2,18,19,25). The average Bonchev–Trinajstić information content (AvgIpc) is 2.43. The Hall–Kier alpha value is -1.90. The van der Waals surface area contributed by atoms with Crippen LogP contribution in [0, 0.1) is 0 Å². The van der Waals surface area contributed by atoms with Crippen LogP contribution in [0.1, 0.15) is 50.9 Å². The lowest BCUT2D eigenvalue weighted by atomic mass is 9.79. The maximum atomic E-state index is 12.4. The van der Waals surface area contributed by atoms with Gasteiger partial charge in [0, 0.05) is 28.9 Å². The number of thiocarbonyl (C=S) groups is 1. The summed E-state index contributed by atoms with van der Waals surface area (Å²) in [4.78, 5) is 10.9. The Morgan fingerprint density at radius 2 is 1.80 bits per heavy atom. The van der Waals surface area contributed by atoms with E-state index in [0.29, 0.717) is 23.6 Å². The minimum absolute atomic E-state index is 0.0297. The molecule has 0 aliphatic carbocycles. The van der Waals surface area contributed by atoms with E-state index >= 15 is 0 Å². The zero-order valence-electron chi connectivity index (χ0n) is 14.8. The number of piperidine rings is 1. The van der Waals surface area contributed by atoms with E-state index in [-0.39, 0.29) is 17.4 Å². The van der Waals surface area contributed by atoms with Crippen LogP contribution in [0.4, 0.5) is 5.69 Å². The van der Waals surface area contributed by atoms with Crippen LogP contribution in [0.15, 0.2) is 18.2 Å². The van der Waals surface area contributed by atoms with Crippen LogP contribution in [0.2, 0.25) is 0 Å². The van der Waals surface area contributed by atoms with Gasteiger partial charge >= 0.3 is 5.97 Å². The van der Waals surface area contributed by atoms with Crippen LogP contribution in [0.5, 0.6) is 5.75 Å². The molecule has 0 amide bonds. The number of nitrogens with one attached hydrogen (secondary N) is 2. The summed E-state index contributed by atoms with van der Waals surface area (Å²) in [6.45, 7) is 7.65. The summed E-state index contributed by atoms with van der Waals surface area (Å²) in [5.41, 5.74) is -0.692. The molecule has 1 saturated heterocycles. The van der Waals surface area contributed by atoms with Crippen molar-refractivity contribution in [1.82, 2.24) is 10.4 Å². The van der Waals surface area contributed by atoms with Gasteiger partial charge in [-0.3, -0.25) is 0 Å². The third kappa shape index (κ3) is 4.39. The molecule has 0 atom stereocenters. The number of carboxylic acids is 1. The normalized spacial score (nSPS) is 20.0. The number of hydroxylamine groups is 2. The second-order valence-corrected chi connectivity index (χ2v) is 8.07. The molecule has 2 rings (SSSR count). The zero-order chi connectivity index (χ0) is 19.0. The monoisotopic (exact) mass is 366 g/mol. The number of aromatic carboxylic acids is 1. The molecule has 1 radical (unpaired) electrons. The summed E-state index contributed by atoms with van der Waals surface area (Å²) >= 11 is 5.31. The number of hydrogen-bond acceptors (Lipinski definition) is 4. The van der Waals surface area contributed by atoms with Gasteiger partial charge in [0.25, 0.3) is 0 Å². The molecule has 8 heteroatoms. The lowest BCUT2D eigenvalue weighted by molar-refractivity contribution is -0.289. The first-order chi connectivity index (χ1) is 11.4. The van der Waals surface area contributed by atoms with E-state index in [1.807, 2.05) is 27.7 Å². The largest absolute Gasteiger partial charge is 0.507 e. The minimum atomic E-state index is -1.20. The quantitative estimate of drug-likeness (QED) is 0.610. The Kier molecular flexibility index (Phi) is 5.27. The number of phenols is 1. The molecule has 137 valence electrons. The average molecular weight is 366 g/mol. The molecule has 1 aliphatic rings. The fourth-order valence-corrected chi connectivity index (χ4v) is 3.79. The van der Waals surface area contributed by atoms with Gasteiger partial charge in [0.1, 0.15) is 11.3 Å². The molecule has 0 aromatic heterocycles. The number of benzene rings is 1. The molecule has 1 aliphatic heterocycles. The molecule has 1 aromatic carbocycles. The third-order valence-electron chi connectivity index (χ3n) is 4.41. The van der Waals surface area contributed by atoms with Crippen molar-refractivity contribution < 1.29 is 20.2 Å². The Bertz CT molecular complexity index is 672. The Morgan fingerprint density at radius 1 is 1.24 bits per heavy atom. The van der Waals surface area contributed by atoms with Gasteiger partial charge in [-0.05, 0) is 64.9 Å². The van der Waals surface area contributed by atoms with Crippen molar-refractivity contribution in [2.24, 2.45) is 0 Å². The van der Waals surface area contributed by atoms with E-state index in [2.05, 4.69) is 10.6 Å². The lowest BCUT2D eigenvalue weighted by Gasteiger charge is -2.50. The Balaban J connectivity index is 2.03. The molecule has 0 unspecified atom stereocenters. The number of rotatable bonds is 3. The Morgan fingerprint density at radius 3 is 2.28 bits per heavy atom. The number of anilines is 1. The zero-order valence-corrected chi connectivity index (χ0v) is 15.6. The molecule has 25 heavy (non-hydrogen) atoms. The molecule has 4 N–H and O–H groups in total. The van der Waals surface area contributed by atoms with Crippen molar-refractivity contribution in [3.63, 3.8) is 0 Å². The summed E-state index contributed by atoms with van der Waals surface area (Å²) in [5, 5.41) is 38.7. The molecular formula is C17H24N3O4S. The predicted octanol–water partition coefficient (Wildman–Crippen LogP) is 2.74. The highest BCUT2D eigenvalue weighted by atomic mass is 32.1. The summed E-state index contributed by atoms with van der Waals surface area (Å²) in [6, 6.07) is 4.18. The van der Waals surface area contributed by atoms with E-state index in [1.165, 1.54) is 18.2 Å². The van der Waals surface area contributed by atoms with Crippen LogP contribution >= 0.6 is 12.2 Å². The van der Waals surface area contributed by atoms with E-state index in [9.17, 15) is 15.1 Å². The topological polar surface area (TPSA) is 105 Å². The van der Waals surface area contributed by atoms with E-state index < -0.39 is 17.0 Å². The van der Waals surface area contributed by atoms with Gasteiger partial charge in [0.05, 0.1) is 0 Å². The van der Waals surface area contributed by atoms with Crippen LogP contribution in [0.3, 0.4) is 0 Å². The van der Waals surface area contributed by atoms with Crippen LogP contribution < -0.4 is 10.6 Å². The number of hydrogen-bond donors (Lipinski definition) is 4. The number of aromatic hydroxyl groups is 1. The number of nitrogens with zero attached hydrogens (tertiary/aromatic N) is 1. The van der Waals surface area contributed by atoms with Crippen LogP contribution in [0.25, 0.3) is 0 Å². The van der Waals surface area contributed by atoms with E-state index in [4.69, 9.17) is 17.3 Å². The SMILES string of the molecule is CC1(C)CC(NC(=S)Nc2ccc(C(=O)O)c(O)c2)CC(C)(C)N1[O]. The molecular weight excluding hydrogens is 342 g/mol. The molecule has 0 spiro atoms. The predicted molar refractivity (Wildman–Crippen MR) is 98.1 cm³/mol. The van der Waals surface area contributed by atoms with Gasteiger partial charge in [-0.15, -0.1) is 10.3 Å². The van der Waals surface area contributed by atoms with Crippen LogP contribution in [-0.4, -0.2) is 43.5 Å². The first-order valence-electron chi connectivity index (χ1n) is 8.04. The molecule has 7 nitrogen and oxygen atoms in total. The maximum absolute atomic E-state index is 12.4. The van der Waals surface area contributed by atoms with E-state index in [0.717, 1.165) is 5.06 Å². The first kappa shape index (κ1) is 19.4. The lowest BCUT2D eigenvalue weighted by Crippen LogP contribution is -2.62. The molecule has 0 bridgehead atoms. The summed E-state index contributed by atoms with van der Waals surface area (Å²) in [7, 11) is 0. The van der Waals surface area contributed by atoms with Crippen molar-refractivity contribution in [3.05, 3.63) is 23.8 Å². The highest BCUT2D eigenvalue weighted by Crippen LogP contribution is 2.37. The van der Waals surface area contributed by atoms with Crippen LogP contribution in [-0.2, 0) is 5.21 Å². The van der Waals surface area contributed by atoms with Gasteiger partial charge in [-0.1, -0.05) is 0 Å². The highest BCUT2D eigenvalue weighted by molar-refractivity contribution is 7.80. The van der Waals surface area contributed by atoms with Gasteiger partial charge in [-0.25, -0.2) is 4.79 Å². The van der Waals surface area contributed by atoms with Crippen molar-refractivity contribution in [2.75, 3.05) is 5.32 Å². The summed E-state index contributed by atoms with van der Waals surface area (Å²) in [5.74, 6) is -1.53.